The summed E-state index contributed by atoms with van der Waals surface area (Å²) in [6.45, 7) is 0. The van der Waals surface area contributed by atoms with Gasteiger partial charge in [-0.05, 0) is 48.2 Å². The number of carboxylic acid groups (broad SMARTS) is 1. The van der Waals surface area contributed by atoms with Crippen LogP contribution in [0.1, 0.15) is 23.2 Å². The minimum absolute atomic E-state index is 0.0409. The van der Waals surface area contributed by atoms with E-state index in [1.54, 1.807) is 12.1 Å². The van der Waals surface area contributed by atoms with Crippen LogP contribution in [0.3, 0.4) is 0 Å². The maximum Gasteiger partial charge on any atom is 0.336 e. The van der Waals surface area contributed by atoms with Gasteiger partial charge in [0.05, 0.1) is 11.7 Å². The van der Waals surface area contributed by atoms with Crippen molar-refractivity contribution in [1.29, 1.82) is 0 Å². The summed E-state index contributed by atoms with van der Waals surface area (Å²) >= 11 is 0. The molecular weight excluding hydrogens is 259 g/mol. The van der Waals surface area contributed by atoms with E-state index in [4.69, 9.17) is 9.84 Å². The predicted octanol–water partition coefficient (Wildman–Crippen LogP) is 3.73. The highest BCUT2D eigenvalue weighted by Gasteiger charge is 2.23. The van der Waals surface area contributed by atoms with Gasteiger partial charge >= 0.3 is 5.97 Å². The summed E-state index contributed by atoms with van der Waals surface area (Å²) in [7, 11) is 0. The van der Waals surface area contributed by atoms with Crippen LogP contribution >= 0.6 is 0 Å². The third kappa shape index (κ3) is 2.64. The van der Waals surface area contributed by atoms with Crippen molar-refractivity contribution >= 4 is 5.97 Å². The molecule has 1 aliphatic carbocycles. The third-order valence-electron chi connectivity index (χ3n) is 3.20. The summed E-state index contributed by atoms with van der Waals surface area (Å²) in [5, 5.41) is 9.14. The number of halogens is 1. The summed E-state index contributed by atoms with van der Waals surface area (Å²) in [5.74, 6) is -0.923. The van der Waals surface area contributed by atoms with E-state index < -0.39 is 11.8 Å². The maximum absolute atomic E-state index is 13.2. The number of benzene rings is 2. The van der Waals surface area contributed by atoms with E-state index in [2.05, 4.69) is 0 Å². The van der Waals surface area contributed by atoms with E-state index >= 15 is 0 Å². The van der Waals surface area contributed by atoms with Crippen LogP contribution in [0.2, 0.25) is 0 Å². The van der Waals surface area contributed by atoms with Crippen LogP contribution in [0.5, 0.6) is 5.75 Å². The lowest BCUT2D eigenvalue weighted by molar-refractivity contribution is 0.0697. The minimum Gasteiger partial charge on any atom is -0.490 e. The SMILES string of the molecule is O=C(O)c1cc(F)ccc1-c1ccc(OC2CC2)cc1. The van der Waals surface area contributed by atoms with Crippen LogP contribution < -0.4 is 4.74 Å². The Balaban J connectivity index is 1.93. The van der Waals surface area contributed by atoms with Gasteiger partial charge in [0, 0.05) is 0 Å². The van der Waals surface area contributed by atoms with Gasteiger partial charge in [0.2, 0.25) is 0 Å². The van der Waals surface area contributed by atoms with Crippen molar-refractivity contribution in [2.75, 3.05) is 0 Å². The monoisotopic (exact) mass is 272 g/mol. The van der Waals surface area contributed by atoms with E-state index in [-0.39, 0.29) is 5.56 Å². The Bertz CT molecular complexity index is 645. The molecule has 0 spiro atoms. The van der Waals surface area contributed by atoms with Crippen molar-refractivity contribution in [2.45, 2.75) is 18.9 Å². The predicted molar refractivity (Wildman–Crippen MR) is 72.4 cm³/mol. The molecule has 1 N–H and O–H groups in total. The van der Waals surface area contributed by atoms with Gasteiger partial charge in [-0.3, -0.25) is 0 Å². The molecule has 3 nitrogen and oxygen atoms in total. The average Bonchev–Trinajstić information content (AvgIpc) is 3.24. The maximum atomic E-state index is 13.2. The zero-order valence-electron chi connectivity index (χ0n) is 10.7. The lowest BCUT2D eigenvalue weighted by Crippen LogP contribution is -2.00. The second-order valence-corrected chi connectivity index (χ2v) is 4.84. The Morgan fingerprint density at radius 2 is 1.85 bits per heavy atom. The minimum atomic E-state index is -1.14. The van der Waals surface area contributed by atoms with Gasteiger partial charge in [-0.15, -0.1) is 0 Å². The second-order valence-electron chi connectivity index (χ2n) is 4.84. The van der Waals surface area contributed by atoms with Gasteiger partial charge in [0.25, 0.3) is 0 Å². The largest absolute Gasteiger partial charge is 0.490 e. The molecule has 20 heavy (non-hydrogen) atoms. The molecule has 0 aliphatic heterocycles. The number of ether oxygens (including phenoxy) is 1. The molecule has 2 aromatic rings. The Morgan fingerprint density at radius 3 is 2.45 bits per heavy atom. The van der Waals surface area contributed by atoms with E-state index in [9.17, 15) is 9.18 Å². The molecule has 102 valence electrons. The standard InChI is InChI=1S/C16H13FO3/c17-11-3-8-14(15(9-11)16(18)19)10-1-4-12(5-2-10)20-13-6-7-13/h1-5,8-9,13H,6-7H2,(H,18,19). The fourth-order valence-electron chi connectivity index (χ4n) is 2.04. The molecule has 1 fully saturated rings. The molecular formula is C16H13FO3. The molecule has 0 bridgehead atoms. The molecule has 1 saturated carbocycles. The molecule has 1 aliphatic rings. The van der Waals surface area contributed by atoms with Crippen molar-refractivity contribution < 1.29 is 19.0 Å². The topological polar surface area (TPSA) is 46.5 Å². The second kappa shape index (κ2) is 4.96. The number of aromatic carboxylic acids is 1. The molecule has 3 rings (SSSR count). The fourth-order valence-corrected chi connectivity index (χ4v) is 2.04. The highest BCUT2D eigenvalue weighted by atomic mass is 19.1. The van der Waals surface area contributed by atoms with Crippen molar-refractivity contribution in [2.24, 2.45) is 0 Å². The van der Waals surface area contributed by atoms with E-state index in [1.807, 2.05) is 12.1 Å². The lowest BCUT2D eigenvalue weighted by Gasteiger charge is -2.08. The summed E-state index contributed by atoms with van der Waals surface area (Å²) in [5.41, 5.74) is 1.18. The summed E-state index contributed by atoms with van der Waals surface area (Å²) in [4.78, 5) is 11.2. The van der Waals surface area contributed by atoms with Crippen LogP contribution in [-0.2, 0) is 0 Å². The third-order valence-corrected chi connectivity index (χ3v) is 3.20. The number of hydrogen-bond acceptors (Lipinski definition) is 2. The van der Waals surface area contributed by atoms with Gasteiger partial charge in [-0.2, -0.15) is 0 Å². The van der Waals surface area contributed by atoms with E-state index in [1.165, 1.54) is 12.1 Å². The van der Waals surface area contributed by atoms with Crippen LogP contribution in [0.4, 0.5) is 4.39 Å². The van der Waals surface area contributed by atoms with Crippen LogP contribution in [0.25, 0.3) is 11.1 Å². The Labute approximate surface area is 115 Å². The fraction of sp³-hybridized carbons (Fsp3) is 0.188. The molecule has 2 aromatic carbocycles. The first kappa shape index (κ1) is 12.7. The molecule has 0 aromatic heterocycles. The van der Waals surface area contributed by atoms with Crippen LogP contribution in [0.15, 0.2) is 42.5 Å². The smallest absolute Gasteiger partial charge is 0.336 e. The first-order valence-corrected chi connectivity index (χ1v) is 6.43. The normalized spacial score (nSPS) is 14.1. The van der Waals surface area contributed by atoms with E-state index in [0.717, 1.165) is 30.2 Å². The number of carboxylic acids is 1. The average molecular weight is 272 g/mol. The molecule has 0 saturated heterocycles. The first-order chi connectivity index (χ1) is 9.63. The van der Waals surface area contributed by atoms with Crippen molar-refractivity contribution in [3.63, 3.8) is 0 Å². The lowest BCUT2D eigenvalue weighted by atomic mass is 9.99. The van der Waals surface area contributed by atoms with Crippen LogP contribution in [0, 0.1) is 5.82 Å². The van der Waals surface area contributed by atoms with Crippen molar-refractivity contribution in [1.82, 2.24) is 0 Å². The Morgan fingerprint density at radius 1 is 1.15 bits per heavy atom. The van der Waals surface area contributed by atoms with Gasteiger partial charge in [0.15, 0.2) is 0 Å². The Kier molecular flexibility index (Phi) is 3.14. The molecule has 0 atom stereocenters. The zero-order chi connectivity index (χ0) is 14.1. The highest BCUT2D eigenvalue weighted by Crippen LogP contribution is 2.30. The quantitative estimate of drug-likeness (QED) is 0.922. The molecule has 0 radical (unpaired) electrons. The number of carbonyl (C=O) groups is 1. The van der Waals surface area contributed by atoms with Crippen LogP contribution in [-0.4, -0.2) is 17.2 Å². The van der Waals surface area contributed by atoms with E-state index in [0.29, 0.717) is 11.7 Å². The zero-order valence-corrected chi connectivity index (χ0v) is 10.7. The molecule has 0 heterocycles. The summed E-state index contributed by atoms with van der Waals surface area (Å²) < 4.78 is 18.8. The summed E-state index contributed by atoms with van der Waals surface area (Å²) in [6, 6.07) is 11.0. The van der Waals surface area contributed by atoms with Gasteiger partial charge in [0.1, 0.15) is 11.6 Å². The van der Waals surface area contributed by atoms with Crippen molar-refractivity contribution in [3.8, 4) is 16.9 Å². The Hall–Kier alpha value is -2.36. The number of rotatable bonds is 4. The van der Waals surface area contributed by atoms with Gasteiger partial charge in [-0.1, -0.05) is 18.2 Å². The molecule has 4 heteroatoms. The molecule has 0 unspecified atom stereocenters. The number of hydrogen-bond donors (Lipinski definition) is 1. The van der Waals surface area contributed by atoms with Crippen molar-refractivity contribution in [3.05, 3.63) is 53.8 Å². The van der Waals surface area contributed by atoms with Gasteiger partial charge in [-0.25, -0.2) is 9.18 Å². The molecule has 0 amide bonds. The van der Waals surface area contributed by atoms with Gasteiger partial charge < -0.3 is 9.84 Å². The highest BCUT2D eigenvalue weighted by molar-refractivity contribution is 5.96. The first-order valence-electron chi connectivity index (χ1n) is 6.43. The summed E-state index contributed by atoms with van der Waals surface area (Å²) in [6.07, 6.45) is 2.49.